The molecule has 5 rings (SSSR count). The zero-order chi connectivity index (χ0) is 25.8. The van der Waals surface area contributed by atoms with Crippen molar-refractivity contribution in [2.45, 2.75) is 6.61 Å². The van der Waals surface area contributed by atoms with Gasteiger partial charge in [-0.25, -0.2) is 14.8 Å². The van der Waals surface area contributed by atoms with E-state index in [2.05, 4.69) is 20.9 Å². The Morgan fingerprint density at radius 3 is 2.65 bits per heavy atom. The highest BCUT2D eigenvalue weighted by Gasteiger charge is 2.21. The smallest absolute Gasteiger partial charge is 0.345 e. The first-order valence-corrected chi connectivity index (χ1v) is 12.2. The van der Waals surface area contributed by atoms with Crippen LogP contribution in [0.1, 0.15) is 20.1 Å². The molecule has 0 bridgehead atoms. The van der Waals surface area contributed by atoms with Crippen molar-refractivity contribution in [3.63, 3.8) is 0 Å². The summed E-state index contributed by atoms with van der Waals surface area (Å²) in [7, 11) is 1.46. The van der Waals surface area contributed by atoms with Crippen LogP contribution in [0.5, 0.6) is 11.8 Å². The average Bonchev–Trinajstić information content (AvgIpc) is 3.62. The van der Waals surface area contributed by atoms with Crippen LogP contribution in [0.2, 0.25) is 0 Å². The lowest BCUT2D eigenvalue weighted by Crippen LogP contribution is -2.36. The third kappa shape index (κ3) is 5.25. The number of carboxylic acids is 1. The molecule has 1 saturated heterocycles. The Balaban J connectivity index is 1.51. The SMILES string of the molecule is COc1cnc(-c2cc(-c3ccc(N4CCOCC4)cc3)nc(OCc3ccc(C(=O)O)s3)c2C#N)o1. The number of aromatic nitrogens is 2. The minimum absolute atomic E-state index is 0.0490. The summed E-state index contributed by atoms with van der Waals surface area (Å²) >= 11 is 1.10. The van der Waals surface area contributed by atoms with Gasteiger partial charge in [0.2, 0.25) is 11.8 Å². The van der Waals surface area contributed by atoms with Crippen LogP contribution in [-0.4, -0.2) is 54.5 Å². The van der Waals surface area contributed by atoms with Gasteiger partial charge in [-0.2, -0.15) is 5.26 Å². The molecule has 1 N–H and O–H groups in total. The van der Waals surface area contributed by atoms with Crippen molar-refractivity contribution in [3.8, 4) is 40.6 Å². The van der Waals surface area contributed by atoms with Gasteiger partial charge >= 0.3 is 11.9 Å². The maximum Gasteiger partial charge on any atom is 0.345 e. The monoisotopic (exact) mass is 518 g/mol. The Labute approximate surface area is 216 Å². The Kier molecular flexibility index (Phi) is 7.02. The number of hydrogen-bond acceptors (Lipinski definition) is 10. The van der Waals surface area contributed by atoms with Crippen LogP contribution < -0.4 is 14.4 Å². The molecule has 4 aromatic rings. The number of carboxylic acid groups (broad SMARTS) is 1. The molecular formula is C26H22N4O6S. The van der Waals surface area contributed by atoms with E-state index in [-0.39, 0.29) is 34.8 Å². The number of morpholine rings is 1. The number of nitriles is 1. The lowest BCUT2D eigenvalue weighted by atomic mass is 10.0. The predicted octanol–water partition coefficient (Wildman–Crippen LogP) is 4.46. The van der Waals surface area contributed by atoms with E-state index in [1.54, 1.807) is 12.1 Å². The molecule has 0 atom stereocenters. The van der Waals surface area contributed by atoms with Crippen molar-refractivity contribution in [1.29, 1.82) is 5.26 Å². The minimum Gasteiger partial charge on any atom is -0.477 e. The maximum atomic E-state index is 11.2. The van der Waals surface area contributed by atoms with E-state index in [4.69, 9.17) is 18.6 Å². The third-order valence-electron chi connectivity index (χ3n) is 5.78. The van der Waals surface area contributed by atoms with E-state index in [9.17, 15) is 15.2 Å². The number of thiophene rings is 1. The fraction of sp³-hybridized carbons (Fsp3) is 0.231. The molecule has 0 radical (unpaired) electrons. The highest BCUT2D eigenvalue weighted by atomic mass is 32.1. The predicted molar refractivity (Wildman–Crippen MR) is 135 cm³/mol. The summed E-state index contributed by atoms with van der Waals surface area (Å²) in [4.78, 5) is 23.2. The molecule has 188 valence electrons. The van der Waals surface area contributed by atoms with Gasteiger partial charge in [-0.15, -0.1) is 11.3 Å². The largest absolute Gasteiger partial charge is 0.477 e. The number of methoxy groups -OCH3 is 1. The van der Waals surface area contributed by atoms with Gasteiger partial charge in [0.05, 0.1) is 31.6 Å². The van der Waals surface area contributed by atoms with Crippen molar-refractivity contribution < 1.29 is 28.5 Å². The van der Waals surface area contributed by atoms with Gasteiger partial charge in [-0.05, 0) is 30.3 Å². The van der Waals surface area contributed by atoms with Crippen LogP contribution in [0, 0.1) is 11.3 Å². The van der Waals surface area contributed by atoms with Gasteiger partial charge in [0.15, 0.2) is 0 Å². The highest BCUT2D eigenvalue weighted by Crippen LogP contribution is 2.35. The fourth-order valence-corrected chi connectivity index (χ4v) is 4.66. The Hall–Kier alpha value is -4.40. The summed E-state index contributed by atoms with van der Waals surface area (Å²) in [6.45, 7) is 3.10. The molecule has 0 amide bonds. The van der Waals surface area contributed by atoms with Gasteiger partial charge in [0, 0.05) is 29.2 Å². The molecule has 1 fully saturated rings. The highest BCUT2D eigenvalue weighted by molar-refractivity contribution is 7.13. The number of rotatable bonds is 8. The lowest BCUT2D eigenvalue weighted by Gasteiger charge is -2.28. The summed E-state index contributed by atoms with van der Waals surface area (Å²) in [5.41, 5.74) is 3.01. The van der Waals surface area contributed by atoms with E-state index in [0.29, 0.717) is 29.3 Å². The van der Waals surface area contributed by atoms with Crippen molar-refractivity contribution in [1.82, 2.24) is 9.97 Å². The molecule has 1 aromatic carbocycles. The number of hydrogen-bond donors (Lipinski definition) is 1. The van der Waals surface area contributed by atoms with Crippen LogP contribution >= 0.6 is 11.3 Å². The van der Waals surface area contributed by atoms with Gasteiger partial charge in [0.25, 0.3) is 0 Å². The van der Waals surface area contributed by atoms with Crippen molar-refractivity contribution >= 4 is 23.0 Å². The molecule has 37 heavy (non-hydrogen) atoms. The minimum atomic E-state index is -1.00. The van der Waals surface area contributed by atoms with Crippen LogP contribution in [0.15, 0.2) is 53.1 Å². The van der Waals surface area contributed by atoms with Crippen molar-refractivity contribution in [3.05, 3.63) is 64.0 Å². The first kappa shape index (κ1) is 24.3. The second kappa shape index (κ2) is 10.7. The van der Waals surface area contributed by atoms with Crippen molar-refractivity contribution in [2.75, 3.05) is 38.3 Å². The molecule has 1 aliphatic rings. The molecule has 0 aliphatic carbocycles. The Morgan fingerprint density at radius 2 is 2.00 bits per heavy atom. The summed E-state index contributed by atoms with van der Waals surface area (Å²) in [5, 5.41) is 19.2. The Morgan fingerprint density at radius 1 is 1.22 bits per heavy atom. The van der Waals surface area contributed by atoms with Gasteiger partial charge in [0.1, 0.15) is 29.3 Å². The molecule has 1 aliphatic heterocycles. The summed E-state index contributed by atoms with van der Waals surface area (Å²) in [5.74, 6) is -0.519. The second-order valence-electron chi connectivity index (χ2n) is 8.04. The number of carbonyl (C=O) groups is 1. The summed E-state index contributed by atoms with van der Waals surface area (Å²) in [6.07, 6.45) is 1.42. The Bertz CT molecular complexity index is 1450. The normalized spacial score (nSPS) is 13.2. The number of ether oxygens (including phenoxy) is 3. The fourth-order valence-electron chi connectivity index (χ4n) is 3.90. The molecular weight excluding hydrogens is 496 g/mol. The molecule has 11 heteroatoms. The van der Waals surface area contributed by atoms with Crippen LogP contribution in [-0.2, 0) is 11.3 Å². The molecule has 0 unspecified atom stereocenters. The van der Waals surface area contributed by atoms with E-state index in [1.807, 2.05) is 24.3 Å². The number of oxazole rings is 1. The number of benzene rings is 1. The number of nitrogens with zero attached hydrogens (tertiary/aromatic N) is 4. The molecule has 4 heterocycles. The first-order valence-electron chi connectivity index (χ1n) is 11.4. The lowest BCUT2D eigenvalue weighted by molar-refractivity contribution is 0.0702. The van der Waals surface area contributed by atoms with Gasteiger partial charge < -0.3 is 28.6 Å². The molecule has 3 aromatic heterocycles. The topological polar surface area (TPSA) is 131 Å². The third-order valence-corrected chi connectivity index (χ3v) is 6.82. The van der Waals surface area contributed by atoms with Crippen LogP contribution in [0.3, 0.4) is 0 Å². The maximum absolute atomic E-state index is 11.2. The summed E-state index contributed by atoms with van der Waals surface area (Å²) in [6, 6.07) is 15.0. The van der Waals surface area contributed by atoms with Crippen LogP contribution in [0.4, 0.5) is 5.69 Å². The number of anilines is 1. The molecule has 10 nitrogen and oxygen atoms in total. The van der Waals surface area contributed by atoms with E-state index in [1.165, 1.54) is 19.4 Å². The average molecular weight is 519 g/mol. The molecule has 0 saturated carbocycles. The first-order chi connectivity index (χ1) is 18.1. The second-order valence-corrected chi connectivity index (χ2v) is 9.21. The number of pyridine rings is 1. The van der Waals surface area contributed by atoms with E-state index >= 15 is 0 Å². The van der Waals surface area contributed by atoms with Crippen molar-refractivity contribution in [2.24, 2.45) is 0 Å². The standard InChI is InChI=1S/C26H22N4O6S/c1-33-23-14-28-24(36-23)19-12-21(16-2-4-17(5-3-16)30-8-10-34-11-9-30)29-25(20(19)13-27)35-15-18-6-7-22(37-18)26(31)32/h2-7,12,14H,8-11,15H2,1H3,(H,31,32). The molecule has 0 spiro atoms. The van der Waals surface area contributed by atoms with E-state index < -0.39 is 5.97 Å². The van der Waals surface area contributed by atoms with Gasteiger partial charge in [-0.3, -0.25) is 0 Å². The summed E-state index contributed by atoms with van der Waals surface area (Å²) < 4.78 is 22.1. The zero-order valence-corrected chi connectivity index (χ0v) is 20.7. The van der Waals surface area contributed by atoms with Gasteiger partial charge in [-0.1, -0.05) is 12.1 Å². The van der Waals surface area contributed by atoms with Crippen LogP contribution in [0.25, 0.3) is 22.7 Å². The number of aromatic carboxylic acids is 1. The van der Waals surface area contributed by atoms with E-state index in [0.717, 1.165) is 35.7 Å². The quantitative estimate of drug-likeness (QED) is 0.357. The zero-order valence-electron chi connectivity index (χ0n) is 19.8.